The Kier molecular flexibility index (Phi) is 8.30. The number of hydrogen-bond acceptors (Lipinski definition) is 5. The number of ether oxygens (including phenoxy) is 2. The van der Waals surface area contributed by atoms with E-state index in [1.54, 1.807) is 12.1 Å². The number of nitrogens with zero attached hydrogens (tertiary/aromatic N) is 1. The number of sulfonamides is 1. The largest absolute Gasteiger partial charge is 0.493 e. The summed E-state index contributed by atoms with van der Waals surface area (Å²) in [7, 11) is -1.21. The second kappa shape index (κ2) is 11.0. The molecular weight excluding hydrogens is 476 g/mol. The summed E-state index contributed by atoms with van der Waals surface area (Å²) in [5.74, 6) is 0.443. The predicted molar refractivity (Wildman–Crippen MR) is 144 cm³/mol. The number of carbonyl (C=O) groups excluding carboxylic acids is 1. The van der Waals surface area contributed by atoms with E-state index in [1.807, 2.05) is 58.9 Å². The van der Waals surface area contributed by atoms with Gasteiger partial charge in [-0.05, 0) is 73.2 Å². The molecule has 7 nitrogen and oxygen atoms in total. The van der Waals surface area contributed by atoms with Gasteiger partial charge >= 0.3 is 0 Å². The van der Waals surface area contributed by atoms with Gasteiger partial charge in [-0.1, -0.05) is 38.1 Å². The number of para-hydroxylation sites is 1. The highest BCUT2D eigenvalue weighted by molar-refractivity contribution is 7.92. The Bertz CT molecular complexity index is 1350. The standard InChI is InChI=1S/C28H34N2O5S/c1-18(2)24-10-8-9-21(5)28(24)29-27(31)17-30(22-14-19(3)13-20(4)15-22)36(32,33)23-11-12-25(34-6)26(16-23)35-7/h8-16,18H,17H2,1-7H3,(H,29,31). The van der Waals surface area contributed by atoms with Crippen molar-refractivity contribution in [3.05, 3.63) is 76.9 Å². The van der Waals surface area contributed by atoms with Crippen LogP contribution in [0.25, 0.3) is 0 Å². The van der Waals surface area contributed by atoms with E-state index in [2.05, 4.69) is 5.32 Å². The molecule has 36 heavy (non-hydrogen) atoms. The summed E-state index contributed by atoms with van der Waals surface area (Å²) in [6, 6.07) is 15.7. The van der Waals surface area contributed by atoms with Crippen LogP contribution in [0.1, 0.15) is 42.0 Å². The number of anilines is 2. The second-order valence-corrected chi connectivity index (χ2v) is 11.0. The topological polar surface area (TPSA) is 84.9 Å². The third kappa shape index (κ3) is 5.82. The quantitative estimate of drug-likeness (QED) is 0.406. The molecule has 3 aromatic rings. The summed E-state index contributed by atoms with van der Waals surface area (Å²) >= 11 is 0. The minimum Gasteiger partial charge on any atom is -0.493 e. The van der Waals surface area contributed by atoms with Crippen molar-refractivity contribution in [2.75, 3.05) is 30.4 Å². The first-order valence-corrected chi connectivity index (χ1v) is 13.1. The molecule has 0 aliphatic rings. The maximum Gasteiger partial charge on any atom is 0.264 e. The predicted octanol–water partition coefficient (Wildman–Crippen LogP) is 5.59. The molecule has 0 unspecified atom stereocenters. The molecule has 3 rings (SSSR count). The summed E-state index contributed by atoms with van der Waals surface area (Å²) < 4.78 is 39.5. The van der Waals surface area contributed by atoms with Gasteiger partial charge in [0.15, 0.2) is 11.5 Å². The van der Waals surface area contributed by atoms with Crippen molar-refractivity contribution in [3.63, 3.8) is 0 Å². The van der Waals surface area contributed by atoms with Crippen LogP contribution in [0.4, 0.5) is 11.4 Å². The van der Waals surface area contributed by atoms with Crippen LogP contribution >= 0.6 is 0 Å². The van der Waals surface area contributed by atoms with Gasteiger partial charge in [-0.25, -0.2) is 8.42 Å². The molecule has 3 aromatic carbocycles. The van der Waals surface area contributed by atoms with Crippen molar-refractivity contribution in [1.29, 1.82) is 0 Å². The van der Waals surface area contributed by atoms with Gasteiger partial charge in [0.2, 0.25) is 5.91 Å². The lowest BCUT2D eigenvalue weighted by atomic mass is 9.98. The van der Waals surface area contributed by atoms with Gasteiger partial charge in [-0.3, -0.25) is 9.10 Å². The zero-order valence-corrected chi connectivity index (χ0v) is 22.7. The third-order valence-electron chi connectivity index (χ3n) is 5.92. The van der Waals surface area contributed by atoms with Crippen LogP contribution in [-0.4, -0.2) is 35.1 Å². The van der Waals surface area contributed by atoms with Crippen LogP contribution in [0.5, 0.6) is 11.5 Å². The number of amides is 1. The molecule has 0 atom stereocenters. The molecule has 1 amide bonds. The zero-order valence-electron chi connectivity index (χ0n) is 21.9. The number of nitrogens with one attached hydrogen (secondary N) is 1. The van der Waals surface area contributed by atoms with Crippen molar-refractivity contribution in [2.45, 2.75) is 45.4 Å². The van der Waals surface area contributed by atoms with Crippen LogP contribution in [0.2, 0.25) is 0 Å². The Morgan fingerprint density at radius 2 is 1.56 bits per heavy atom. The van der Waals surface area contributed by atoms with Gasteiger partial charge in [0.1, 0.15) is 6.54 Å². The highest BCUT2D eigenvalue weighted by atomic mass is 32.2. The summed E-state index contributed by atoms with van der Waals surface area (Å²) in [6.45, 7) is 9.40. The molecule has 0 saturated carbocycles. The van der Waals surface area contributed by atoms with Crippen molar-refractivity contribution < 1.29 is 22.7 Å². The van der Waals surface area contributed by atoms with E-state index in [4.69, 9.17) is 9.47 Å². The van der Waals surface area contributed by atoms with E-state index in [1.165, 1.54) is 32.4 Å². The molecule has 1 N–H and O–H groups in total. The van der Waals surface area contributed by atoms with Gasteiger partial charge in [-0.15, -0.1) is 0 Å². The normalized spacial score (nSPS) is 11.3. The second-order valence-electron chi connectivity index (χ2n) is 9.12. The first kappa shape index (κ1) is 27.1. The molecule has 0 spiro atoms. The van der Waals surface area contributed by atoms with Gasteiger partial charge in [0.05, 0.1) is 24.8 Å². The fraction of sp³-hybridized carbons (Fsp3) is 0.321. The lowest BCUT2D eigenvalue weighted by molar-refractivity contribution is -0.114. The molecule has 192 valence electrons. The molecule has 0 heterocycles. The summed E-state index contributed by atoms with van der Waals surface area (Å²) in [5, 5.41) is 2.96. The molecule has 0 aliphatic carbocycles. The molecule has 8 heteroatoms. The molecular formula is C28H34N2O5S. The number of aryl methyl sites for hydroxylation is 3. The van der Waals surface area contributed by atoms with E-state index >= 15 is 0 Å². The van der Waals surface area contributed by atoms with Crippen LogP contribution in [0, 0.1) is 20.8 Å². The van der Waals surface area contributed by atoms with E-state index in [0.29, 0.717) is 17.1 Å². The summed E-state index contributed by atoms with van der Waals surface area (Å²) in [6.07, 6.45) is 0. The lowest BCUT2D eigenvalue weighted by Gasteiger charge is -2.26. The van der Waals surface area contributed by atoms with E-state index < -0.39 is 22.5 Å². The molecule has 0 fully saturated rings. The van der Waals surface area contributed by atoms with Crippen LogP contribution in [0.15, 0.2) is 59.5 Å². The lowest BCUT2D eigenvalue weighted by Crippen LogP contribution is -2.38. The SMILES string of the molecule is COc1ccc(S(=O)(=O)N(CC(=O)Nc2c(C)cccc2C(C)C)c2cc(C)cc(C)c2)cc1OC. The number of rotatable bonds is 9. The Balaban J connectivity index is 2.07. The van der Waals surface area contributed by atoms with Gasteiger partial charge in [0.25, 0.3) is 10.0 Å². The smallest absolute Gasteiger partial charge is 0.264 e. The Morgan fingerprint density at radius 1 is 0.917 bits per heavy atom. The highest BCUT2D eigenvalue weighted by Crippen LogP contribution is 2.33. The Morgan fingerprint density at radius 3 is 2.14 bits per heavy atom. The first-order chi connectivity index (χ1) is 17.0. The molecule has 0 aromatic heterocycles. The maximum atomic E-state index is 13.9. The highest BCUT2D eigenvalue weighted by Gasteiger charge is 2.29. The third-order valence-corrected chi connectivity index (χ3v) is 7.69. The Hall–Kier alpha value is -3.52. The van der Waals surface area contributed by atoms with Crippen molar-refractivity contribution in [1.82, 2.24) is 0 Å². The fourth-order valence-electron chi connectivity index (χ4n) is 4.17. The van der Waals surface area contributed by atoms with Crippen molar-refractivity contribution in [3.8, 4) is 11.5 Å². The fourth-order valence-corrected chi connectivity index (χ4v) is 5.59. The van der Waals surface area contributed by atoms with Crippen LogP contribution in [0.3, 0.4) is 0 Å². The number of methoxy groups -OCH3 is 2. The summed E-state index contributed by atoms with van der Waals surface area (Å²) in [4.78, 5) is 13.3. The summed E-state index contributed by atoms with van der Waals surface area (Å²) in [5.41, 5.74) is 4.80. The van der Waals surface area contributed by atoms with Gasteiger partial charge in [0, 0.05) is 11.8 Å². The van der Waals surface area contributed by atoms with Crippen LogP contribution in [-0.2, 0) is 14.8 Å². The maximum absolute atomic E-state index is 13.9. The Labute approximate surface area is 214 Å². The monoisotopic (exact) mass is 510 g/mol. The minimum atomic E-state index is -4.13. The molecule has 0 radical (unpaired) electrons. The van der Waals surface area contributed by atoms with Gasteiger partial charge in [-0.2, -0.15) is 0 Å². The van der Waals surface area contributed by atoms with E-state index in [-0.39, 0.29) is 16.6 Å². The minimum absolute atomic E-state index is 0.00845. The molecule has 0 saturated heterocycles. The van der Waals surface area contributed by atoms with Crippen molar-refractivity contribution in [2.24, 2.45) is 0 Å². The molecule has 0 bridgehead atoms. The zero-order chi connectivity index (χ0) is 26.6. The first-order valence-electron chi connectivity index (χ1n) is 11.7. The van der Waals surface area contributed by atoms with E-state index in [0.717, 1.165) is 26.6 Å². The number of hydrogen-bond donors (Lipinski definition) is 1. The molecule has 0 aliphatic heterocycles. The number of carbonyl (C=O) groups is 1. The van der Waals surface area contributed by atoms with E-state index in [9.17, 15) is 13.2 Å². The van der Waals surface area contributed by atoms with Crippen molar-refractivity contribution >= 4 is 27.3 Å². The average molecular weight is 511 g/mol. The van der Waals surface area contributed by atoms with Crippen LogP contribution < -0.4 is 19.1 Å². The number of benzene rings is 3. The van der Waals surface area contributed by atoms with Gasteiger partial charge < -0.3 is 14.8 Å². The average Bonchev–Trinajstić information content (AvgIpc) is 2.82.